The summed E-state index contributed by atoms with van der Waals surface area (Å²) in [5.74, 6) is 1.61. The van der Waals surface area contributed by atoms with Crippen molar-refractivity contribution >= 4 is 39.6 Å². The average molecular weight is 286 g/mol. The van der Waals surface area contributed by atoms with Crippen molar-refractivity contribution in [2.24, 2.45) is 0 Å². The molecule has 0 spiro atoms. The van der Waals surface area contributed by atoms with E-state index in [2.05, 4.69) is 33.8 Å². The highest BCUT2D eigenvalue weighted by atomic mass is 32.2. The summed E-state index contributed by atoms with van der Waals surface area (Å²) in [6, 6.07) is 8.52. The van der Waals surface area contributed by atoms with Crippen molar-refractivity contribution in [3.8, 4) is 0 Å². The molecule has 0 bridgehead atoms. The molecule has 20 heavy (non-hydrogen) atoms. The van der Waals surface area contributed by atoms with Gasteiger partial charge >= 0.3 is 0 Å². The first-order valence-corrected chi connectivity index (χ1v) is 8.15. The van der Waals surface area contributed by atoms with E-state index in [1.54, 1.807) is 0 Å². The van der Waals surface area contributed by atoms with Crippen LogP contribution in [0.5, 0.6) is 0 Å². The minimum atomic E-state index is 0.362. The fourth-order valence-corrected chi connectivity index (χ4v) is 3.45. The first-order valence-electron chi connectivity index (χ1n) is 6.76. The zero-order chi connectivity index (χ0) is 14.1. The second-order valence-electron chi connectivity index (χ2n) is 4.87. The van der Waals surface area contributed by atoms with Gasteiger partial charge in [0.1, 0.15) is 5.52 Å². The van der Waals surface area contributed by atoms with Crippen molar-refractivity contribution in [3.05, 3.63) is 30.5 Å². The Hall–Kier alpha value is -1.75. The SMILES string of the molecule is CCC(CSC)n1c(N)nc2cnc3ccccc3c21. The van der Waals surface area contributed by atoms with Crippen LogP contribution in [0.2, 0.25) is 0 Å². The lowest BCUT2D eigenvalue weighted by molar-refractivity contribution is 0.562. The molecule has 1 aromatic carbocycles. The molecule has 2 N–H and O–H groups in total. The predicted molar refractivity (Wildman–Crippen MR) is 87.2 cm³/mol. The number of hydrogen-bond donors (Lipinski definition) is 1. The van der Waals surface area contributed by atoms with Crippen LogP contribution >= 0.6 is 11.8 Å². The molecule has 0 saturated heterocycles. The number of nitrogens with zero attached hydrogens (tertiary/aromatic N) is 3. The number of hydrogen-bond acceptors (Lipinski definition) is 4. The number of nitrogens with two attached hydrogens (primary N) is 1. The number of pyridine rings is 1. The standard InChI is InChI=1S/C15H18N4S/c1-3-10(9-20-2)19-14-11-6-4-5-7-12(11)17-8-13(14)18-15(19)16/h4-8,10H,3,9H2,1-2H3,(H2,16,18). The van der Waals surface area contributed by atoms with E-state index >= 15 is 0 Å². The van der Waals surface area contributed by atoms with E-state index in [1.165, 1.54) is 0 Å². The molecule has 104 valence electrons. The zero-order valence-corrected chi connectivity index (χ0v) is 12.5. The number of aromatic nitrogens is 3. The van der Waals surface area contributed by atoms with Crippen LogP contribution in [0.1, 0.15) is 19.4 Å². The molecule has 0 saturated carbocycles. The maximum Gasteiger partial charge on any atom is 0.201 e. The number of imidazole rings is 1. The van der Waals surface area contributed by atoms with Crippen molar-refractivity contribution < 1.29 is 0 Å². The van der Waals surface area contributed by atoms with Crippen molar-refractivity contribution in [2.45, 2.75) is 19.4 Å². The monoisotopic (exact) mass is 286 g/mol. The summed E-state index contributed by atoms with van der Waals surface area (Å²) in [4.78, 5) is 8.94. The maximum atomic E-state index is 6.17. The smallest absolute Gasteiger partial charge is 0.201 e. The first-order chi connectivity index (χ1) is 9.76. The summed E-state index contributed by atoms with van der Waals surface area (Å²) in [5.41, 5.74) is 9.13. The molecule has 0 radical (unpaired) electrons. The normalized spacial score (nSPS) is 13.1. The summed E-state index contributed by atoms with van der Waals surface area (Å²) in [5, 5.41) is 1.12. The second kappa shape index (κ2) is 5.32. The third-order valence-corrected chi connectivity index (χ3v) is 4.36. The fourth-order valence-electron chi connectivity index (χ4n) is 2.68. The largest absolute Gasteiger partial charge is 0.369 e. The number of nitrogen functional groups attached to an aromatic ring is 1. The summed E-state index contributed by atoms with van der Waals surface area (Å²) >= 11 is 1.84. The number of para-hydroxylation sites is 1. The van der Waals surface area contributed by atoms with Crippen molar-refractivity contribution in [1.82, 2.24) is 14.5 Å². The van der Waals surface area contributed by atoms with Crippen LogP contribution in [-0.2, 0) is 0 Å². The van der Waals surface area contributed by atoms with Gasteiger partial charge in [0.25, 0.3) is 0 Å². The van der Waals surface area contributed by atoms with E-state index in [4.69, 9.17) is 5.73 Å². The zero-order valence-electron chi connectivity index (χ0n) is 11.7. The molecule has 1 atom stereocenters. The molecule has 4 nitrogen and oxygen atoms in total. The Labute approximate surface area is 122 Å². The highest BCUT2D eigenvalue weighted by Gasteiger charge is 2.18. The molecule has 2 aromatic heterocycles. The van der Waals surface area contributed by atoms with E-state index in [0.29, 0.717) is 12.0 Å². The van der Waals surface area contributed by atoms with Crippen LogP contribution < -0.4 is 5.73 Å². The van der Waals surface area contributed by atoms with Gasteiger partial charge in [0, 0.05) is 17.2 Å². The van der Waals surface area contributed by atoms with Crippen LogP contribution in [0.4, 0.5) is 5.95 Å². The average Bonchev–Trinajstić information content (AvgIpc) is 2.81. The number of anilines is 1. The molecule has 1 unspecified atom stereocenters. The number of rotatable bonds is 4. The molecule has 3 aromatic rings. The highest BCUT2D eigenvalue weighted by Crippen LogP contribution is 2.30. The van der Waals surface area contributed by atoms with Crippen LogP contribution in [0.3, 0.4) is 0 Å². The van der Waals surface area contributed by atoms with Crippen LogP contribution in [0.15, 0.2) is 30.5 Å². The summed E-state index contributed by atoms with van der Waals surface area (Å²) in [7, 11) is 0. The lowest BCUT2D eigenvalue weighted by Crippen LogP contribution is -2.13. The molecular weight excluding hydrogens is 268 g/mol. The van der Waals surface area contributed by atoms with Crippen molar-refractivity contribution in [3.63, 3.8) is 0 Å². The van der Waals surface area contributed by atoms with Crippen LogP contribution in [0.25, 0.3) is 21.9 Å². The molecule has 0 aliphatic rings. The lowest BCUT2D eigenvalue weighted by atomic mass is 10.1. The number of thioether (sulfide) groups is 1. The van der Waals surface area contributed by atoms with E-state index in [-0.39, 0.29) is 0 Å². The Morgan fingerprint density at radius 3 is 2.85 bits per heavy atom. The van der Waals surface area contributed by atoms with Gasteiger partial charge in [-0.05, 0) is 18.7 Å². The Balaban J connectivity index is 2.34. The number of benzene rings is 1. The van der Waals surface area contributed by atoms with Gasteiger partial charge in [-0.15, -0.1) is 0 Å². The summed E-state index contributed by atoms with van der Waals surface area (Å²) in [6.07, 6.45) is 4.97. The van der Waals surface area contributed by atoms with Crippen molar-refractivity contribution in [1.29, 1.82) is 0 Å². The summed E-state index contributed by atoms with van der Waals surface area (Å²) in [6.45, 7) is 2.19. The number of fused-ring (bicyclic) bond motifs is 3. The van der Waals surface area contributed by atoms with Gasteiger partial charge in [-0.25, -0.2) is 4.98 Å². The van der Waals surface area contributed by atoms with Crippen LogP contribution in [-0.4, -0.2) is 26.5 Å². The van der Waals surface area contributed by atoms with Gasteiger partial charge in [0.2, 0.25) is 5.95 Å². The molecule has 0 amide bonds. The Morgan fingerprint density at radius 1 is 1.30 bits per heavy atom. The van der Waals surface area contributed by atoms with Crippen LogP contribution in [0, 0.1) is 0 Å². The van der Waals surface area contributed by atoms with E-state index in [0.717, 1.165) is 34.1 Å². The van der Waals surface area contributed by atoms with Gasteiger partial charge in [-0.2, -0.15) is 11.8 Å². The molecule has 5 heteroatoms. The van der Waals surface area contributed by atoms with Gasteiger partial charge < -0.3 is 10.3 Å². The second-order valence-corrected chi connectivity index (χ2v) is 5.78. The molecule has 0 fully saturated rings. The van der Waals surface area contributed by atoms with Crippen molar-refractivity contribution in [2.75, 3.05) is 17.7 Å². The Kier molecular flexibility index (Phi) is 3.53. The minimum Gasteiger partial charge on any atom is -0.369 e. The first kappa shape index (κ1) is 13.2. The van der Waals surface area contributed by atoms with E-state index in [9.17, 15) is 0 Å². The fraction of sp³-hybridized carbons (Fsp3) is 0.333. The predicted octanol–water partition coefficient (Wildman–Crippen LogP) is 3.48. The van der Waals surface area contributed by atoms with Gasteiger partial charge in [-0.1, -0.05) is 25.1 Å². The third-order valence-electron chi connectivity index (χ3n) is 3.65. The maximum absolute atomic E-state index is 6.17. The van der Waals surface area contributed by atoms with Gasteiger partial charge in [0.15, 0.2) is 0 Å². The molecule has 0 aliphatic heterocycles. The van der Waals surface area contributed by atoms with Gasteiger partial charge in [-0.3, -0.25) is 4.98 Å². The molecular formula is C15H18N4S. The lowest BCUT2D eigenvalue weighted by Gasteiger charge is -2.18. The van der Waals surface area contributed by atoms with E-state index in [1.807, 2.05) is 36.2 Å². The van der Waals surface area contributed by atoms with Gasteiger partial charge in [0.05, 0.1) is 17.2 Å². The topological polar surface area (TPSA) is 56.7 Å². The van der Waals surface area contributed by atoms with E-state index < -0.39 is 0 Å². The Morgan fingerprint density at radius 2 is 2.10 bits per heavy atom. The third kappa shape index (κ3) is 2.02. The molecule has 3 rings (SSSR count). The quantitative estimate of drug-likeness (QED) is 0.797. The highest BCUT2D eigenvalue weighted by molar-refractivity contribution is 7.98. The summed E-state index contributed by atoms with van der Waals surface area (Å²) < 4.78 is 2.18. The molecule has 0 aliphatic carbocycles. The minimum absolute atomic E-state index is 0.362. The molecule has 2 heterocycles. The Bertz CT molecular complexity index is 750.